The summed E-state index contributed by atoms with van der Waals surface area (Å²) < 4.78 is 0. The zero-order valence-corrected chi connectivity index (χ0v) is 18.7. The van der Waals surface area contributed by atoms with E-state index in [1.54, 1.807) is 12.2 Å². The molecule has 0 saturated carbocycles. The topological polar surface area (TPSA) is 121 Å². The van der Waals surface area contributed by atoms with Gasteiger partial charge in [0.25, 0.3) is 0 Å². The fraction of sp³-hybridized carbons (Fsp3) is 0.565. The van der Waals surface area contributed by atoms with Gasteiger partial charge in [-0.05, 0) is 32.1 Å². The minimum absolute atomic E-state index is 0.00938. The highest BCUT2D eigenvalue weighted by Crippen LogP contribution is 2.21. The van der Waals surface area contributed by atoms with Crippen LogP contribution < -0.4 is 5.73 Å². The molecule has 0 aliphatic heterocycles. The van der Waals surface area contributed by atoms with Crippen molar-refractivity contribution in [2.75, 3.05) is 5.75 Å². The van der Waals surface area contributed by atoms with Gasteiger partial charge in [0.15, 0.2) is 0 Å². The van der Waals surface area contributed by atoms with Crippen LogP contribution in [0.3, 0.4) is 0 Å². The third kappa shape index (κ3) is 17.1. The van der Waals surface area contributed by atoms with E-state index >= 15 is 0 Å². The fourth-order valence-electron chi connectivity index (χ4n) is 2.47. The molecule has 30 heavy (non-hydrogen) atoms. The maximum atomic E-state index is 10.9. The highest BCUT2D eigenvalue weighted by molar-refractivity contribution is 8.00. The molecule has 0 heterocycles. The first-order valence-corrected chi connectivity index (χ1v) is 11.6. The van der Waals surface area contributed by atoms with E-state index in [0.29, 0.717) is 12.8 Å². The van der Waals surface area contributed by atoms with Crippen LogP contribution in [-0.2, 0) is 9.59 Å². The van der Waals surface area contributed by atoms with Crippen LogP contribution in [0.1, 0.15) is 58.3 Å². The molecular formula is C23H37NO5S. The lowest BCUT2D eigenvalue weighted by molar-refractivity contribution is -0.138. The Morgan fingerprint density at radius 1 is 1.00 bits per heavy atom. The second kappa shape index (κ2) is 19.2. The van der Waals surface area contributed by atoms with Crippen molar-refractivity contribution in [3.05, 3.63) is 48.6 Å². The van der Waals surface area contributed by atoms with E-state index in [-0.39, 0.29) is 17.4 Å². The van der Waals surface area contributed by atoms with Crippen LogP contribution in [0.4, 0.5) is 0 Å². The normalized spacial score (nSPS) is 15.4. The average Bonchev–Trinajstić information content (AvgIpc) is 2.70. The molecule has 0 rings (SSSR count). The molecule has 3 atom stereocenters. The molecule has 0 fully saturated rings. The number of aliphatic hydroxyl groups excluding tert-OH is 1. The number of rotatable bonds is 18. The van der Waals surface area contributed by atoms with Gasteiger partial charge in [-0.25, -0.2) is 0 Å². The van der Waals surface area contributed by atoms with E-state index in [1.165, 1.54) is 31.0 Å². The molecule has 0 aromatic rings. The highest BCUT2D eigenvalue weighted by atomic mass is 32.2. The Hall–Kier alpha value is -1.83. The Kier molecular flexibility index (Phi) is 18.0. The number of carboxylic acid groups (broad SMARTS) is 2. The first-order chi connectivity index (χ1) is 14.4. The fourth-order valence-corrected chi connectivity index (χ4v) is 3.60. The Morgan fingerprint density at radius 3 is 2.40 bits per heavy atom. The van der Waals surface area contributed by atoms with Crippen molar-refractivity contribution in [2.24, 2.45) is 5.73 Å². The van der Waals surface area contributed by atoms with Crippen molar-refractivity contribution in [1.82, 2.24) is 0 Å². The molecule has 7 heteroatoms. The van der Waals surface area contributed by atoms with Crippen LogP contribution in [0.2, 0.25) is 0 Å². The van der Waals surface area contributed by atoms with Crippen molar-refractivity contribution in [3.8, 4) is 0 Å². The van der Waals surface area contributed by atoms with Crippen LogP contribution in [0.25, 0.3) is 0 Å². The van der Waals surface area contributed by atoms with Crippen molar-refractivity contribution < 1.29 is 24.9 Å². The predicted molar refractivity (Wildman–Crippen MR) is 125 cm³/mol. The second-order valence-corrected chi connectivity index (χ2v) is 8.21. The number of aliphatic carboxylic acids is 2. The molecule has 0 aliphatic rings. The van der Waals surface area contributed by atoms with Crippen molar-refractivity contribution >= 4 is 23.7 Å². The summed E-state index contributed by atoms with van der Waals surface area (Å²) in [4.78, 5) is 21.5. The number of hydrogen-bond donors (Lipinski definition) is 4. The van der Waals surface area contributed by atoms with Gasteiger partial charge in [0.1, 0.15) is 6.04 Å². The van der Waals surface area contributed by atoms with Gasteiger partial charge >= 0.3 is 11.9 Å². The summed E-state index contributed by atoms with van der Waals surface area (Å²) in [5, 5.41) is 27.6. The molecule has 1 unspecified atom stereocenters. The van der Waals surface area contributed by atoms with Crippen LogP contribution in [0, 0.1) is 0 Å². The standard InChI is InChI=1S/C23H37NO5S/c1-2-3-4-5-6-7-8-9-10-11-12-13-16-21(30-18-19(24)23(28)29)20(25)15-14-17-22(26)27/h6-7,9-13,16,19-21,25H,2-5,8,14-15,17-18,24H2,1H3,(H,26,27)(H,28,29)/b7-6?,10-9?,12-11+,16-13+/t19?,20-,21+/m0/s1. The number of unbranched alkanes of at least 4 members (excludes halogenated alkanes) is 3. The monoisotopic (exact) mass is 439 g/mol. The van der Waals surface area contributed by atoms with Gasteiger partial charge in [-0.3, -0.25) is 9.59 Å². The van der Waals surface area contributed by atoms with Gasteiger partial charge < -0.3 is 21.1 Å². The average molecular weight is 440 g/mol. The van der Waals surface area contributed by atoms with Gasteiger partial charge in [0.2, 0.25) is 0 Å². The molecule has 0 amide bonds. The lowest BCUT2D eigenvalue weighted by Crippen LogP contribution is -2.34. The minimum Gasteiger partial charge on any atom is -0.481 e. The van der Waals surface area contributed by atoms with E-state index < -0.39 is 24.1 Å². The Bertz CT molecular complexity index is 586. The number of hydrogen-bond acceptors (Lipinski definition) is 5. The maximum Gasteiger partial charge on any atom is 0.321 e. The first-order valence-electron chi connectivity index (χ1n) is 10.5. The zero-order valence-electron chi connectivity index (χ0n) is 17.9. The van der Waals surface area contributed by atoms with Crippen LogP contribution in [0.5, 0.6) is 0 Å². The largest absolute Gasteiger partial charge is 0.481 e. The van der Waals surface area contributed by atoms with Crippen molar-refractivity contribution in [2.45, 2.75) is 75.7 Å². The van der Waals surface area contributed by atoms with E-state index in [1.807, 2.05) is 18.2 Å². The van der Waals surface area contributed by atoms with Crippen molar-refractivity contribution in [1.29, 1.82) is 0 Å². The molecule has 170 valence electrons. The third-order valence-corrected chi connectivity index (χ3v) is 5.65. The van der Waals surface area contributed by atoms with Crippen molar-refractivity contribution in [3.63, 3.8) is 0 Å². The number of nitrogens with two attached hydrogens (primary N) is 1. The Balaban J connectivity index is 4.51. The van der Waals surface area contributed by atoms with E-state index in [0.717, 1.165) is 12.8 Å². The molecule has 6 nitrogen and oxygen atoms in total. The molecule has 0 radical (unpaired) electrons. The lowest BCUT2D eigenvalue weighted by atomic mass is 10.1. The van der Waals surface area contributed by atoms with E-state index in [4.69, 9.17) is 15.9 Å². The smallest absolute Gasteiger partial charge is 0.321 e. The number of thioether (sulfide) groups is 1. The second-order valence-electron chi connectivity index (χ2n) is 7.00. The zero-order chi connectivity index (χ0) is 22.6. The van der Waals surface area contributed by atoms with Gasteiger partial charge in [-0.2, -0.15) is 0 Å². The molecule has 0 aliphatic carbocycles. The molecular weight excluding hydrogens is 402 g/mol. The SMILES string of the molecule is CCCCCC=CCC=C/C=C/C=C/[C@@H](SCC(N)C(=O)O)[C@@H](O)CCCC(=O)O. The quantitative estimate of drug-likeness (QED) is 0.143. The first kappa shape index (κ1) is 28.2. The number of aliphatic hydroxyl groups is 1. The number of carboxylic acids is 2. The summed E-state index contributed by atoms with van der Waals surface area (Å²) in [5.74, 6) is -1.83. The summed E-state index contributed by atoms with van der Waals surface area (Å²) in [7, 11) is 0. The van der Waals surface area contributed by atoms with Gasteiger partial charge in [-0.1, -0.05) is 68.4 Å². The lowest BCUT2D eigenvalue weighted by Gasteiger charge is -2.20. The molecule has 0 spiro atoms. The van der Waals surface area contributed by atoms with Crippen LogP contribution in [-0.4, -0.2) is 50.4 Å². The summed E-state index contributed by atoms with van der Waals surface area (Å²) in [6.07, 6.45) is 21.3. The van der Waals surface area contributed by atoms with E-state index in [2.05, 4.69) is 25.2 Å². The van der Waals surface area contributed by atoms with Gasteiger partial charge in [0.05, 0.1) is 6.10 Å². The molecule has 0 saturated heterocycles. The Labute approximate surface area is 184 Å². The third-order valence-electron chi connectivity index (χ3n) is 4.24. The van der Waals surface area contributed by atoms with Crippen LogP contribution >= 0.6 is 11.8 Å². The number of allylic oxidation sites excluding steroid dienone is 7. The number of carbonyl (C=O) groups is 2. The van der Waals surface area contributed by atoms with Crippen LogP contribution in [0.15, 0.2) is 48.6 Å². The molecule has 5 N–H and O–H groups in total. The predicted octanol–water partition coefficient (Wildman–Crippen LogP) is 4.31. The Morgan fingerprint density at radius 2 is 1.73 bits per heavy atom. The van der Waals surface area contributed by atoms with E-state index in [9.17, 15) is 14.7 Å². The molecule has 0 aromatic carbocycles. The molecule has 0 aromatic heterocycles. The van der Waals surface area contributed by atoms with Gasteiger partial charge in [0, 0.05) is 17.4 Å². The maximum absolute atomic E-state index is 10.9. The molecule has 0 bridgehead atoms. The minimum atomic E-state index is -1.09. The van der Waals surface area contributed by atoms with Gasteiger partial charge in [-0.15, -0.1) is 11.8 Å². The summed E-state index contributed by atoms with van der Waals surface area (Å²) in [6.45, 7) is 2.19. The summed E-state index contributed by atoms with van der Waals surface area (Å²) in [6, 6.07) is -1.01. The summed E-state index contributed by atoms with van der Waals surface area (Å²) >= 11 is 1.26. The summed E-state index contributed by atoms with van der Waals surface area (Å²) in [5.41, 5.74) is 5.54. The highest BCUT2D eigenvalue weighted by Gasteiger charge is 2.20.